The molecule has 0 radical (unpaired) electrons. The number of hydrogen-bond acceptors (Lipinski definition) is 1. The lowest BCUT2D eigenvalue weighted by molar-refractivity contribution is 0.727. The summed E-state index contributed by atoms with van der Waals surface area (Å²) in [4.78, 5) is 0. The lowest BCUT2D eigenvalue weighted by atomic mass is 10.1. The molecular formula is C14H21N. The van der Waals surface area contributed by atoms with Gasteiger partial charge < -0.3 is 5.32 Å². The fourth-order valence-corrected chi connectivity index (χ4v) is 1.40. The Morgan fingerprint density at radius 1 is 1.13 bits per heavy atom. The van der Waals surface area contributed by atoms with Crippen molar-refractivity contribution in [1.82, 2.24) is 5.32 Å². The van der Waals surface area contributed by atoms with Crippen LogP contribution in [0.15, 0.2) is 36.4 Å². The fourth-order valence-electron chi connectivity index (χ4n) is 1.40. The first kappa shape index (κ1) is 12.0. The van der Waals surface area contributed by atoms with E-state index in [1.54, 1.807) is 0 Å². The predicted octanol–water partition coefficient (Wildman–Crippen LogP) is 3.30. The molecule has 1 heteroatoms. The molecule has 0 atom stereocenters. The Morgan fingerprint density at radius 2 is 1.73 bits per heavy atom. The standard InChI is InChI=1S/C14H21N/c1-4-12(3)10-15-11-14-8-6-13(5-2)7-9-14/h6-9,15H,3-5,10-11H2,1-2H3. The molecule has 0 unspecified atom stereocenters. The second-order valence-electron chi connectivity index (χ2n) is 3.88. The Labute approximate surface area is 93.2 Å². The van der Waals surface area contributed by atoms with Crippen molar-refractivity contribution in [1.29, 1.82) is 0 Å². The molecule has 15 heavy (non-hydrogen) atoms. The number of benzene rings is 1. The zero-order chi connectivity index (χ0) is 11.1. The molecule has 0 fully saturated rings. The van der Waals surface area contributed by atoms with Crippen LogP contribution in [-0.2, 0) is 13.0 Å². The zero-order valence-corrected chi connectivity index (χ0v) is 9.84. The first-order valence-corrected chi connectivity index (χ1v) is 5.71. The average molecular weight is 203 g/mol. The van der Waals surface area contributed by atoms with Crippen LogP contribution in [0.2, 0.25) is 0 Å². The van der Waals surface area contributed by atoms with E-state index in [0.717, 1.165) is 25.9 Å². The Kier molecular flexibility index (Phi) is 5.13. The number of rotatable bonds is 6. The minimum atomic E-state index is 0.923. The highest BCUT2D eigenvalue weighted by atomic mass is 14.8. The van der Waals surface area contributed by atoms with E-state index >= 15 is 0 Å². The first-order valence-electron chi connectivity index (χ1n) is 5.71. The van der Waals surface area contributed by atoms with Gasteiger partial charge in [-0.25, -0.2) is 0 Å². The van der Waals surface area contributed by atoms with Gasteiger partial charge in [0.05, 0.1) is 0 Å². The van der Waals surface area contributed by atoms with E-state index in [9.17, 15) is 0 Å². The SMILES string of the molecule is C=C(CC)CNCc1ccc(CC)cc1. The molecule has 0 spiro atoms. The van der Waals surface area contributed by atoms with E-state index < -0.39 is 0 Å². The molecule has 0 heterocycles. The third kappa shape index (κ3) is 4.30. The van der Waals surface area contributed by atoms with E-state index in [1.807, 2.05) is 0 Å². The monoisotopic (exact) mass is 203 g/mol. The molecule has 1 N–H and O–H groups in total. The van der Waals surface area contributed by atoms with Crippen molar-refractivity contribution in [2.45, 2.75) is 33.2 Å². The van der Waals surface area contributed by atoms with Crippen molar-refractivity contribution in [3.05, 3.63) is 47.5 Å². The number of nitrogens with one attached hydrogen (secondary N) is 1. The lowest BCUT2D eigenvalue weighted by Gasteiger charge is -2.06. The van der Waals surface area contributed by atoms with Crippen molar-refractivity contribution in [2.24, 2.45) is 0 Å². The minimum absolute atomic E-state index is 0.923. The van der Waals surface area contributed by atoms with Gasteiger partial charge in [0.1, 0.15) is 0 Å². The summed E-state index contributed by atoms with van der Waals surface area (Å²) in [6.07, 6.45) is 2.17. The Bertz CT molecular complexity index is 298. The van der Waals surface area contributed by atoms with Gasteiger partial charge in [0, 0.05) is 13.1 Å². The fraction of sp³-hybridized carbons (Fsp3) is 0.429. The molecule has 0 saturated carbocycles. The summed E-state index contributed by atoms with van der Waals surface area (Å²) in [6.45, 7) is 10.1. The number of hydrogen-bond donors (Lipinski definition) is 1. The summed E-state index contributed by atoms with van der Waals surface area (Å²) in [5.41, 5.74) is 4.01. The van der Waals surface area contributed by atoms with Crippen LogP contribution in [0.5, 0.6) is 0 Å². The molecule has 0 aromatic heterocycles. The molecule has 82 valence electrons. The van der Waals surface area contributed by atoms with Gasteiger partial charge in [-0.2, -0.15) is 0 Å². The summed E-state index contributed by atoms with van der Waals surface area (Å²) in [5, 5.41) is 3.39. The molecule has 0 aliphatic rings. The Morgan fingerprint density at radius 3 is 2.27 bits per heavy atom. The van der Waals surface area contributed by atoms with Crippen LogP contribution in [0, 0.1) is 0 Å². The Hall–Kier alpha value is -1.08. The van der Waals surface area contributed by atoms with Crippen molar-refractivity contribution in [3.8, 4) is 0 Å². The average Bonchev–Trinajstić information content (AvgIpc) is 2.29. The third-order valence-electron chi connectivity index (χ3n) is 2.64. The topological polar surface area (TPSA) is 12.0 Å². The molecular weight excluding hydrogens is 182 g/mol. The van der Waals surface area contributed by atoms with Crippen LogP contribution < -0.4 is 5.32 Å². The second-order valence-corrected chi connectivity index (χ2v) is 3.88. The van der Waals surface area contributed by atoms with Crippen molar-refractivity contribution in [3.63, 3.8) is 0 Å². The molecule has 1 nitrogen and oxygen atoms in total. The van der Waals surface area contributed by atoms with Crippen molar-refractivity contribution >= 4 is 0 Å². The highest BCUT2D eigenvalue weighted by molar-refractivity contribution is 5.22. The van der Waals surface area contributed by atoms with Crippen LogP contribution in [0.1, 0.15) is 31.4 Å². The van der Waals surface area contributed by atoms with Crippen LogP contribution in [0.3, 0.4) is 0 Å². The summed E-state index contributed by atoms with van der Waals surface area (Å²) >= 11 is 0. The highest BCUT2D eigenvalue weighted by Crippen LogP contribution is 2.05. The minimum Gasteiger partial charge on any atom is -0.309 e. The second kappa shape index (κ2) is 6.41. The Balaban J connectivity index is 2.34. The maximum atomic E-state index is 3.97. The summed E-state index contributed by atoms with van der Waals surface area (Å²) < 4.78 is 0. The molecule has 1 aromatic carbocycles. The summed E-state index contributed by atoms with van der Waals surface area (Å²) in [5.74, 6) is 0. The van der Waals surface area contributed by atoms with Crippen LogP contribution in [-0.4, -0.2) is 6.54 Å². The van der Waals surface area contributed by atoms with Gasteiger partial charge in [-0.05, 0) is 24.0 Å². The van der Waals surface area contributed by atoms with E-state index in [1.165, 1.54) is 16.7 Å². The first-order chi connectivity index (χ1) is 7.26. The van der Waals surface area contributed by atoms with Gasteiger partial charge in [0.25, 0.3) is 0 Å². The van der Waals surface area contributed by atoms with Crippen LogP contribution in [0.4, 0.5) is 0 Å². The van der Waals surface area contributed by atoms with E-state index in [-0.39, 0.29) is 0 Å². The molecule has 0 aliphatic carbocycles. The lowest BCUT2D eigenvalue weighted by Crippen LogP contribution is -2.15. The van der Waals surface area contributed by atoms with Gasteiger partial charge in [0.15, 0.2) is 0 Å². The molecule has 0 amide bonds. The van der Waals surface area contributed by atoms with E-state index in [4.69, 9.17) is 0 Å². The number of aryl methyl sites for hydroxylation is 1. The van der Waals surface area contributed by atoms with Gasteiger partial charge in [-0.15, -0.1) is 0 Å². The smallest absolute Gasteiger partial charge is 0.0208 e. The summed E-state index contributed by atoms with van der Waals surface area (Å²) in [7, 11) is 0. The molecule has 1 aromatic rings. The molecule has 0 saturated heterocycles. The van der Waals surface area contributed by atoms with Gasteiger partial charge >= 0.3 is 0 Å². The third-order valence-corrected chi connectivity index (χ3v) is 2.64. The zero-order valence-electron chi connectivity index (χ0n) is 9.84. The summed E-state index contributed by atoms with van der Waals surface area (Å²) in [6, 6.07) is 8.79. The van der Waals surface area contributed by atoms with Gasteiger partial charge in [-0.1, -0.05) is 50.3 Å². The van der Waals surface area contributed by atoms with Crippen LogP contribution in [0.25, 0.3) is 0 Å². The molecule has 1 rings (SSSR count). The van der Waals surface area contributed by atoms with Gasteiger partial charge in [-0.3, -0.25) is 0 Å². The van der Waals surface area contributed by atoms with E-state index in [2.05, 4.69) is 50.0 Å². The largest absolute Gasteiger partial charge is 0.309 e. The maximum absolute atomic E-state index is 3.97. The van der Waals surface area contributed by atoms with Crippen LogP contribution >= 0.6 is 0 Å². The molecule has 0 aliphatic heterocycles. The van der Waals surface area contributed by atoms with Crippen molar-refractivity contribution < 1.29 is 0 Å². The highest BCUT2D eigenvalue weighted by Gasteiger charge is 1.94. The van der Waals surface area contributed by atoms with Crippen molar-refractivity contribution in [2.75, 3.05) is 6.54 Å². The molecule has 0 bridgehead atoms. The predicted molar refractivity (Wildman–Crippen MR) is 67.0 cm³/mol. The van der Waals surface area contributed by atoms with Gasteiger partial charge in [0.2, 0.25) is 0 Å². The van der Waals surface area contributed by atoms with E-state index in [0.29, 0.717) is 0 Å². The normalized spacial score (nSPS) is 10.3. The quantitative estimate of drug-likeness (QED) is 0.699. The maximum Gasteiger partial charge on any atom is 0.0208 e.